The minimum atomic E-state index is -3.70. The number of rotatable bonds is 8. The Balaban J connectivity index is 1.89. The van der Waals surface area contributed by atoms with Gasteiger partial charge in [-0.25, -0.2) is 0 Å². The van der Waals surface area contributed by atoms with Crippen LogP contribution in [0.25, 0.3) is 0 Å². The van der Waals surface area contributed by atoms with Gasteiger partial charge in [0, 0.05) is 0 Å². The summed E-state index contributed by atoms with van der Waals surface area (Å²) < 4.78 is 39.7. The molecule has 6 heteroatoms. The van der Waals surface area contributed by atoms with Gasteiger partial charge in [-0.2, -0.15) is 8.42 Å². The van der Waals surface area contributed by atoms with Gasteiger partial charge in [0.05, 0.1) is 25.7 Å². The van der Waals surface area contributed by atoms with E-state index >= 15 is 0 Å². The molecule has 0 bridgehead atoms. The molecule has 0 radical (unpaired) electrons. The highest BCUT2D eigenvalue weighted by molar-refractivity contribution is 7.86. The summed E-state index contributed by atoms with van der Waals surface area (Å²) >= 11 is 0. The molecule has 0 amide bonds. The van der Waals surface area contributed by atoms with Gasteiger partial charge in [0.15, 0.2) is 11.5 Å². The molecule has 2 aromatic rings. The highest BCUT2D eigenvalue weighted by Gasteiger charge is 2.14. The van der Waals surface area contributed by atoms with Crippen LogP contribution in [0.5, 0.6) is 11.5 Å². The molecular formula is C18H22O5S. The van der Waals surface area contributed by atoms with E-state index in [0.717, 1.165) is 11.1 Å². The Labute approximate surface area is 143 Å². The van der Waals surface area contributed by atoms with Crippen LogP contribution in [0.15, 0.2) is 47.4 Å². The molecule has 2 rings (SSSR count). The monoisotopic (exact) mass is 350 g/mol. The van der Waals surface area contributed by atoms with Crippen LogP contribution in [0.1, 0.15) is 17.5 Å². The van der Waals surface area contributed by atoms with Crippen molar-refractivity contribution < 1.29 is 22.1 Å². The molecule has 0 unspecified atom stereocenters. The van der Waals surface area contributed by atoms with Gasteiger partial charge in [-0.05, 0) is 49.6 Å². The Hall–Kier alpha value is -2.05. The fraction of sp³-hybridized carbons (Fsp3) is 0.333. The molecule has 24 heavy (non-hydrogen) atoms. The standard InChI is InChI=1S/C18H22O5S/c1-14-6-9-16(10-7-14)24(19,20)23-12-4-5-15-8-11-17(21-2)18(13-15)22-3/h6-11,13H,4-5,12H2,1-3H3. The highest BCUT2D eigenvalue weighted by atomic mass is 32.2. The van der Waals surface area contributed by atoms with Crippen molar-refractivity contribution in [3.8, 4) is 11.5 Å². The molecule has 5 nitrogen and oxygen atoms in total. The molecule has 0 aliphatic carbocycles. The van der Waals surface area contributed by atoms with Crippen LogP contribution in [-0.4, -0.2) is 29.2 Å². The molecule has 0 heterocycles. The predicted molar refractivity (Wildman–Crippen MR) is 92.2 cm³/mol. The topological polar surface area (TPSA) is 61.8 Å². The van der Waals surface area contributed by atoms with Crippen LogP contribution in [0.4, 0.5) is 0 Å². The van der Waals surface area contributed by atoms with Crippen molar-refractivity contribution in [3.05, 3.63) is 53.6 Å². The maximum atomic E-state index is 12.1. The third kappa shape index (κ3) is 4.72. The van der Waals surface area contributed by atoms with E-state index in [1.165, 1.54) is 0 Å². The molecule has 0 aromatic heterocycles. The van der Waals surface area contributed by atoms with Crippen LogP contribution < -0.4 is 9.47 Å². The van der Waals surface area contributed by atoms with Gasteiger partial charge in [-0.3, -0.25) is 4.18 Å². The van der Waals surface area contributed by atoms with E-state index in [2.05, 4.69) is 0 Å². The van der Waals surface area contributed by atoms with Crippen molar-refractivity contribution in [2.45, 2.75) is 24.7 Å². The zero-order chi connectivity index (χ0) is 17.6. The number of hydrogen-bond donors (Lipinski definition) is 0. The number of hydrogen-bond acceptors (Lipinski definition) is 5. The Morgan fingerprint density at radius 1 is 0.917 bits per heavy atom. The molecule has 130 valence electrons. The van der Waals surface area contributed by atoms with Crippen molar-refractivity contribution in [3.63, 3.8) is 0 Å². The largest absolute Gasteiger partial charge is 0.493 e. The lowest BCUT2D eigenvalue weighted by Gasteiger charge is -2.10. The average molecular weight is 350 g/mol. The fourth-order valence-electron chi connectivity index (χ4n) is 2.25. The summed E-state index contributed by atoms with van der Waals surface area (Å²) in [5.41, 5.74) is 2.03. The minimum absolute atomic E-state index is 0.130. The lowest BCUT2D eigenvalue weighted by Crippen LogP contribution is -2.08. The van der Waals surface area contributed by atoms with Crippen molar-refractivity contribution in [1.82, 2.24) is 0 Å². The summed E-state index contributed by atoms with van der Waals surface area (Å²) in [6.45, 7) is 2.03. The van der Waals surface area contributed by atoms with E-state index in [1.54, 1.807) is 38.5 Å². The summed E-state index contributed by atoms with van der Waals surface area (Å²) in [4.78, 5) is 0.180. The zero-order valence-corrected chi connectivity index (χ0v) is 14.9. The molecule has 0 saturated carbocycles. The Morgan fingerprint density at radius 2 is 1.58 bits per heavy atom. The van der Waals surface area contributed by atoms with Crippen LogP contribution in [-0.2, 0) is 20.7 Å². The molecule has 0 atom stereocenters. The van der Waals surface area contributed by atoms with E-state index < -0.39 is 10.1 Å². The average Bonchev–Trinajstić information content (AvgIpc) is 2.59. The summed E-state index contributed by atoms with van der Waals surface area (Å²) in [6.07, 6.45) is 1.27. The smallest absolute Gasteiger partial charge is 0.296 e. The van der Waals surface area contributed by atoms with Gasteiger partial charge in [-0.1, -0.05) is 23.8 Å². The van der Waals surface area contributed by atoms with Crippen LogP contribution in [0.3, 0.4) is 0 Å². The van der Waals surface area contributed by atoms with Gasteiger partial charge >= 0.3 is 0 Å². The minimum Gasteiger partial charge on any atom is -0.493 e. The predicted octanol–water partition coefficient (Wildman–Crippen LogP) is 3.35. The van der Waals surface area contributed by atoms with Crippen LogP contribution >= 0.6 is 0 Å². The molecule has 0 fully saturated rings. The first-order chi connectivity index (χ1) is 11.5. The lowest BCUT2D eigenvalue weighted by molar-refractivity contribution is 0.312. The fourth-order valence-corrected chi connectivity index (χ4v) is 3.20. The number of ether oxygens (including phenoxy) is 2. The molecule has 0 aliphatic rings. The van der Waals surface area contributed by atoms with Gasteiger partial charge in [-0.15, -0.1) is 0 Å². The first-order valence-electron chi connectivity index (χ1n) is 7.63. The highest BCUT2D eigenvalue weighted by Crippen LogP contribution is 2.28. The normalized spacial score (nSPS) is 11.3. The molecule has 0 aliphatic heterocycles. The second-order valence-corrected chi connectivity index (χ2v) is 7.00. The summed E-state index contributed by atoms with van der Waals surface area (Å²) in [6, 6.07) is 12.2. The van der Waals surface area contributed by atoms with Gasteiger partial charge in [0.2, 0.25) is 0 Å². The first-order valence-corrected chi connectivity index (χ1v) is 9.04. The molecular weight excluding hydrogens is 328 g/mol. The van der Waals surface area contributed by atoms with Crippen molar-refractivity contribution in [1.29, 1.82) is 0 Å². The lowest BCUT2D eigenvalue weighted by atomic mass is 10.1. The molecule has 2 aromatic carbocycles. The maximum absolute atomic E-state index is 12.1. The van der Waals surface area contributed by atoms with E-state index in [1.807, 2.05) is 25.1 Å². The van der Waals surface area contributed by atoms with E-state index in [4.69, 9.17) is 13.7 Å². The third-order valence-electron chi connectivity index (χ3n) is 3.61. The van der Waals surface area contributed by atoms with Crippen LogP contribution in [0.2, 0.25) is 0 Å². The maximum Gasteiger partial charge on any atom is 0.296 e. The van der Waals surface area contributed by atoms with Gasteiger partial charge in [0.1, 0.15) is 0 Å². The summed E-state index contributed by atoms with van der Waals surface area (Å²) in [5, 5.41) is 0. The van der Waals surface area contributed by atoms with E-state index in [9.17, 15) is 8.42 Å². The van der Waals surface area contributed by atoms with Gasteiger partial charge < -0.3 is 9.47 Å². The quantitative estimate of drug-likeness (QED) is 0.540. The first kappa shape index (κ1) is 18.3. The second-order valence-electron chi connectivity index (χ2n) is 5.38. The second kappa shape index (κ2) is 8.17. The Morgan fingerprint density at radius 3 is 2.21 bits per heavy atom. The Kier molecular flexibility index (Phi) is 6.23. The van der Waals surface area contributed by atoms with E-state index in [-0.39, 0.29) is 11.5 Å². The molecule has 0 N–H and O–H groups in total. The zero-order valence-electron chi connectivity index (χ0n) is 14.1. The summed E-state index contributed by atoms with van der Waals surface area (Å²) in [5.74, 6) is 1.32. The summed E-state index contributed by atoms with van der Waals surface area (Å²) in [7, 11) is -0.533. The van der Waals surface area contributed by atoms with Gasteiger partial charge in [0.25, 0.3) is 10.1 Å². The van der Waals surface area contributed by atoms with E-state index in [0.29, 0.717) is 24.3 Å². The van der Waals surface area contributed by atoms with Crippen molar-refractivity contribution in [2.24, 2.45) is 0 Å². The molecule has 0 spiro atoms. The number of aryl methyl sites for hydroxylation is 2. The SMILES string of the molecule is COc1ccc(CCCOS(=O)(=O)c2ccc(C)cc2)cc1OC. The number of benzene rings is 2. The van der Waals surface area contributed by atoms with Crippen LogP contribution in [0, 0.1) is 6.92 Å². The number of methoxy groups -OCH3 is 2. The molecule has 0 saturated heterocycles. The Bertz CT molecular complexity index is 766. The van der Waals surface area contributed by atoms with Crippen molar-refractivity contribution >= 4 is 10.1 Å². The third-order valence-corrected chi connectivity index (χ3v) is 4.93. The van der Waals surface area contributed by atoms with Crippen molar-refractivity contribution in [2.75, 3.05) is 20.8 Å².